The van der Waals surface area contributed by atoms with Gasteiger partial charge in [-0.25, -0.2) is 14.8 Å². The molecule has 15 nitrogen and oxygen atoms in total. The molecule has 1 aliphatic carbocycles. The Morgan fingerprint density at radius 3 is 2.52 bits per heavy atom. The van der Waals surface area contributed by atoms with E-state index in [4.69, 9.17) is 16.9 Å². The van der Waals surface area contributed by atoms with Crippen molar-refractivity contribution in [3.8, 4) is 0 Å². The molecular weight excluding hydrogens is 594 g/mol. The molecule has 4 aromatic rings. The number of nitrogens with two attached hydrogens (primary N) is 2. The number of hydrogen-bond acceptors (Lipinski definition) is 12. The summed E-state index contributed by atoms with van der Waals surface area (Å²) in [6.45, 7) is 3.69. The van der Waals surface area contributed by atoms with Crippen LogP contribution in [0.1, 0.15) is 73.7 Å². The van der Waals surface area contributed by atoms with Gasteiger partial charge in [-0.1, -0.05) is 29.4 Å². The van der Waals surface area contributed by atoms with Crippen molar-refractivity contribution in [2.24, 2.45) is 10.9 Å². The van der Waals surface area contributed by atoms with Gasteiger partial charge in [0.15, 0.2) is 0 Å². The zero-order valence-electron chi connectivity index (χ0n) is 24.8. The van der Waals surface area contributed by atoms with Crippen molar-refractivity contribution in [3.05, 3.63) is 108 Å². The Hall–Kier alpha value is -6.25. The molecule has 1 aromatic heterocycles. The normalized spacial score (nSPS) is 14.0. The molecule has 0 radical (unpaired) electrons. The zero-order chi connectivity index (χ0) is 33.1. The minimum absolute atomic E-state index is 0.0147. The Morgan fingerprint density at radius 1 is 1.09 bits per heavy atom. The number of aromatic nitrogens is 2. The van der Waals surface area contributed by atoms with Crippen LogP contribution in [0.2, 0.25) is 0 Å². The van der Waals surface area contributed by atoms with Crippen LogP contribution >= 0.6 is 0 Å². The van der Waals surface area contributed by atoms with Gasteiger partial charge in [-0.2, -0.15) is 0 Å². The number of benzene rings is 2. The van der Waals surface area contributed by atoms with E-state index in [-0.39, 0.29) is 35.3 Å². The van der Waals surface area contributed by atoms with Gasteiger partial charge >= 0.3 is 6.09 Å². The summed E-state index contributed by atoms with van der Waals surface area (Å²) < 4.78 is 0. The molecule has 3 amide bonds. The van der Waals surface area contributed by atoms with Crippen LogP contribution in [-0.4, -0.2) is 39.8 Å². The lowest BCUT2D eigenvalue weighted by atomic mass is 9.96. The number of fused-ring (bicyclic) bond motifs is 1. The van der Waals surface area contributed by atoms with Crippen LogP contribution in [0.25, 0.3) is 0 Å². The summed E-state index contributed by atoms with van der Waals surface area (Å²) in [5, 5.41) is 19.9. The average molecular weight is 624 g/mol. The topological polar surface area (TPSA) is 245 Å². The van der Waals surface area contributed by atoms with Gasteiger partial charge in [-0.05, 0) is 55.0 Å². The second-order valence-corrected chi connectivity index (χ2v) is 10.6. The monoisotopic (exact) mass is 623 g/mol. The molecule has 46 heavy (non-hydrogen) atoms. The summed E-state index contributed by atoms with van der Waals surface area (Å²) in [6, 6.07) is 9.66. The molecule has 3 aromatic carbocycles. The van der Waals surface area contributed by atoms with E-state index in [2.05, 4.69) is 35.9 Å². The first-order valence-corrected chi connectivity index (χ1v) is 14.0. The highest BCUT2D eigenvalue weighted by Gasteiger charge is 2.28. The van der Waals surface area contributed by atoms with Crippen LogP contribution in [0.15, 0.2) is 57.5 Å². The van der Waals surface area contributed by atoms with E-state index in [0.717, 1.165) is 34.8 Å². The lowest BCUT2D eigenvalue weighted by Crippen LogP contribution is -2.36. The van der Waals surface area contributed by atoms with E-state index in [1.807, 2.05) is 19.1 Å². The summed E-state index contributed by atoms with van der Waals surface area (Å²) >= 11 is 0. The highest BCUT2D eigenvalue weighted by atomic mass is 16.7. The number of anilines is 3. The fraction of sp³-hybridized carbons (Fsp3) is 0.194. The van der Waals surface area contributed by atoms with Crippen molar-refractivity contribution in [2.75, 3.05) is 11.1 Å². The molecular formula is C31H29N9O6. The summed E-state index contributed by atoms with van der Waals surface area (Å²) in [7, 11) is 0. The quantitative estimate of drug-likeness (QED) is 0.0648. The molecule has 234 valence electrons. The second kappa shape index (κ2) is 12.8. The van der Waals surface area contributed by atoms with E-state index in [0.29, 0.717) is 35.4 Å². The molecule has 15 heteroatoms. The third-order valence-electron chi connectivity index (χ3n) is 7.73. The van der Waals surface area contributed by atoms with Crippen LogP contribution in [0, 0.1) is 12.3 Å². The van der Waals surface area contributed by atoms with Crippen molar-refractivity contribution >= 4 is 46.9 Å². The molecule has 5 rings (SSSR count). The van der Waals surface area contributed by atoms with Gasteiger partial charge in [-0.3, -0.25) is 24.0 Å². The van der Waals surface area contributed by atoms with Crippen molar-refractivity contribution in [1.29, 1.82) is 5.41 Å². The van der Waals surface area contributed by atoms with Gasteiger partial charge in [0.2, 0.25) is 0 Å². The number of carbonyl (C=O) groups is 3. The SMILES string of the molecule is C/C(=N\OC(N)=O)c1ccc2c(c1C)CC[C@@H]2NC(=O)c1cc(C(=O)NCc2ccc(C=N)c(Nc3c(N)c(=O)c3=O)c2)ncn1. The summed E-state index contributed by atoms with van der Waals surface area (Å²) in [5.74, 6) is -1.03. The maximum absolute atomic E-state index is 13.2. The number of amides is 3. The van der Waals surface area contributed by atoms with E-state index >= 15 is 0 Å². The predicted octanol–water partition coefficient (Wildman–Crippen LogP) is 1.87. The lowest BCUT2D eigenvalue weighted by Gasteiger charge is -2.16. The standard InChI is InChI=1S/C31H29N9O6/c1-14-18(15(2)40-46-31(34)45)5-6-20-19(14)7-8-21(20)39-30(44)24-10-23(36-13-37-24)29(43)35-12-16-3-4-17(11-32)22(9-16)38-26-25(33)27(41)28(26)42/h3-6,9-11,13,21,32,38H,7-8,12,33H2,1-2H3,(H2,34,45)(H,35,43)(H,39,44)/b32-11?,40-15+/t21-/m0/s1. The number of oxime groups is 1. The zero-order valence-corrected chi connectivity index (χ0v) is 24.8. The fourth-order valence-corrected chi connectivity index (χ4v) is 5.31. The Balaban J connectivity index is 1.24. The molecule has 0 fully saturated rings. The Bertz CT molecular complexity index is 2010. The van der Waals surface area contributed by atoms with Gasteiger partial charge in [0.05, 0.1) is 11.8 Å². The first-order chi connectivity index (χ1) is 22.0. The largest absolute Gasteiger partial charge is 0.430 e. The number of nitrogen functional groups attached to an aromatic ring is 1. The van der Waals surface area contributed by atoms with E-state index in [9.17, 15) is 24.0 Å². The number of hydrogen-bond donors (Lipinski definition) is 6. The number of carbonyl (C=O) groups excluding carboxylic acids is 3. The van der Waals surface area contributed by atoms with Crippen molar-refractivity contribution in [3.63, 3.8) is 0 Å². The third kappa shape index (κ3) is 6.19. The first-order valence-electron chi connectivity index (χ1n) is 14.0. The number of nitrogens with zero attached hydrogens (tertiary/aromatic N) is 3. The van der Waals surface area contributed by atoms with E-state index < -0.39 is 28.8 Å². The second-order valence-electron chi connectivity index (χ2n) is 10.6. The highest BCUT2D eigenvalue weighted by Crippen LogP contribution is 2.35. The van der Waals surface area contributed by atoms with Crippen molar-refractivity contribution < 1.29 is 19.2 Å². The van der Waals surface area contributed by atoms with Crippen LogP contribution in [0.5, 0.6) is 0 Å². The van der Waals surface area contributed by atoms with Gasteiger partial charge in [0.1, 0.15) is 29.1 Å². The van der Waals surface area contributed by atoms with Crippen LogP contribution in [-0.2, 0) is 17.8 Å². The van der Waals surface area contributed by atoms with Gasteiger partial charge < -0.3 is 32.8 Å². The molecule has 0 saturated heterocycles. The molecule has 1 atom stereocenters. The van der Waals surface area contributed by atoms with E-state index in [1.165, 1.54) is 6.07 Å². The smallest absolute Gasteiger partial charge is 0.394 e. The van der Waals surface area contributed by atoms with Gasteiger partial charge in [-0.15, -0.1) is 0 Å². The number of nitrogens with one attached hydrogen (secondary N) is 4. The van der Waals surface area contributed by atoms with Gasteiger partial charge in [0, 0.05) is 35.6 Å². The molecule has 0 aliphatic heterocycles. The highest BCUT2D eigenvalue weighted by molar-refractivity contribution is 6.00. The Kier molecular flexibility index (Phi) is 8.66. The summed E-state index contributed by atoms with van der Waals surface area (Å²) in [4.78, 5) is 72.9. The third-order valence-corrected chi connectivity index (χ3v) is 7.73. The molecule has 0 bridgehead atoms. The van der Waals surface area contributed by atoms with E-state index in [1.54, 1.807) is 25.1 Å². The minimum Gasteiger partial charge on any atom is -0.394 e. The summed E-state index contributed by atoms with van der Waals surface area (Å²) in [6.07, 6.45) is 2.56. The lowest BCUT2D eigenvalue weighted by molar-refractivity contribution is 0.0931. The minimum atomic E-state index is -1.00. The molecule has 8 N–H and O–H groups in total. The molecule has 0 saturated carbocycles. The average Bonchev–Trinajstić information content (AvgIpc) is 3.47. The Labute approximate surface area is 261 Å². The molecule has 0 spiro atoms. The molecule has 1 aliphatic rings. The Morgan fingerprint density at radius 2 is 1.83 bits per heavy atom. The molecule has 0 unspecified atom stereocenters. The van der Waals surface area contributed by atoms with Gasteiger partial charge in [0.25, 0.3) is 22.7 Å². The van der Waals surface area contributed by atoms with Crippen LogP contribution in [0.3, 0.4) is 0 Å². The molecule has 1 heterocycles. The maximum Gasteiger partial charge on any atom is 0.430 e. The predicted molar refractivity (Wildman–Crippen MR) is 169 cm³/mol. The maximum atomic E-state index is 13.2. The number of primary amides is 1. The van der Waals surface area contributed by atoms with Crippen molar-refractivity contribution in [1.82, 2.24) is 20.6 Å². The first kappa shape index (κ1) is 31.2. The van der Waals surface area contributed by atoms with Crippen LogP contribution < -0.4 is 38.3 Å². The number of rotatable bonds is 10. The van der Waals surface area contributed by atoms with Crippen LogP contribution in [0.4, 0.5) is 21.9 Å². The summed E-state index contributed by atoms with van der Waals surface area (Å²) in [5.41, 5.74) is 14.5. The fourth-order valence-electron chi connectivity index (χ4n) is 5.31. The van der Waals surface area contributed by atoms with Crippen molar-refractivity contribution in [2.45, 2.75) is 39.3 Å².